The van der Waals surface area contributed by atoms with Crippen molar-refractivity contribution < 1.29 is 9.59 Å². The molecule has 2 heterocycles. The van der Waals surface area contributed by atoms with E-state index < -0.39 is 0 Å². The van der Waals surface area contributed by atoms with Crippen LogP contribution in [0.15, 0.2) is 24.3 Å². The van der Waals surface area contributed by atoms with E-state index in [0.717, 1.165) is 19.5 Å². The number of rotatable bonds is 3. The van der Waals surface area contributed by atoms with Gasteiger partial charge in [-0.05, 0) is 43.4 Å². The van der Waals surface area contributed by atoms with Gasteiger partial charge in [0.2, 0.25) is 5.91 Å². The molecular formula is C17H19ClN2O2. The average molecular weight is 319 g/mol. The van der Waals surface area contributed by atoms with Crippen molar-refractivity contribution in [3.8, 4) is 0 Å². The molecule has 2 saturated heterocycles. The van der Waals surface area contributed by atoms with Crippen LogP contribution in [0.3, 0.4) is 0 Å². The maximum atomic E-state index is 12.7. The van der Waals surface area contributed by atoms with Crippen molar-refractivity contribution in [3.63, 3.8) is 0 Å². The van der Waals surface area contributed by atoms with E-state index >= 15 is 0 Å². The number of amides is 2. The second kappa shape index (κ2) is 5.27. The van der Waals surface area contributed by atoms with Gasteiger partial charge in [0.15, 0.2) is 0 Å². The molecule has 5 heteroatoms. The van der Waals surface area contributed by atoms with Gasteiger partial charge in [-0.3, -0.25) is 9.59 Å². The summed E-state index contributed by atoms with van der Waals surface area (Å²) in [7, 11) is 0. The van der Waals surface area contributed by atoms with E-state index in [4.69, 9.17) is 11.6 Å². The van der Waals surface area contributed by atoms with Crippen LogP contribution in [0.4, 0.5) is 0 Å². The highest BCUT2D eigenvalue weighted by Gasteiger charge is 2.49. The number of likely N-dealkylation sites (tertiary alicyclic amines) is 2. The Morgan fingerprint density at radius 1 is 1.23 bits per heavy atom. The van der Waals surface area contributed by atoms with Crippen LogP contribution in [0, 0.1) is 5.92 Å². The standard InChI is InChI=1S/C17H19ClN2O2/c18-13-3-1-2-12(8-13)17(22)19-7-6-14-15(19)9-16(21)20(14)10-11-4-5-11/h1-3,8,11,14-15H,4-7,9-10H2. The van der Waals surface area contributed by atoms with Crippen molar-refractivity contribution in [1.29, 1.82) is 0 Å². The first-order valence-corrected chi connectivity index (χ1v) is 8.37. The van der Waals surface area contributed by atoms with E-state index in [0.29, 0.717) is 22.9 Å². The van der Waals surface area contributed by atoms with Crippen LogP contribution >= 0.6 is 11.6 Å². The summed E-state index contributed by atoms with van der Waals surface area (Å²) in [6.07, 6.45) is 3.86. The Bertz CT molecular complexity index is 629. The Balaban J connectivity index is 1.52. The van der Waals surface area contributed by atoms with Crippen molar-refractivity contribution in [2.45, 2.75) is 37.8 Å². The summed E-state index contributed by atoms with van der Waals surface area (Å²) in [5, 5.41) is 0.569. The molecule has 2 amide bonds. The Kier molecular flexibility index (Phi) is 3.37. The molecule has 0 bridgehead atoms. The molecule has 116 valence electrons. The van der Waals surface area contributed by atoms with Gasteiger partial charge in [0, 0.05) is 30.1 Å². The van der Waals surface area contributed by atoms with Crippen molar-refractivity contribution in [2.75, 3.05) is 13.1 Å². The summed E-state index contributed by atoms with van der Waals surface area (Å²) in [4.78, 5) is 28.9. The number of halogens is 1. The zero-order valence-electron chi connectivity index (χ0n) is 12.4. The Morgan fingerprint density at radius 2 is 2.05 bits per heavy atom. The van der Waals surface area contributed by atoms with Crippen LogP contribution < -0.4 is 0 Å². The Hall–Kier alpha value is -1.55. The number of nitrogens with zero attached hydrogens (tertiary/aromatic N) is 2. The summed E-state index contributed by atoms with van der Waals surface area (Å²) >= 11 is 5.98. The number of carbonyl (C=O) groups excluding carboxylic acids is 2. The SMILES string of the molecule is O=C1CC2C(CCN2C(=O)c2cccc(Cl)c2)N1CC1CC1. The highest BCUT2D eigenvalue weighted by Crippen LogP contribution is 2.37. The van der Waals surface area contributed by atoms with Crippen LogP contribution in [0.1, 0.15) is 36.0 Å². The fourth-order valence-corrected chi connectivity index (χ4v) is 3.97. The van der Waals surface area contributed by atoms with E-state index in [2.05, 4.69) is 0 Å². The number of hydrogen-bond acceptors (Lipinski definition) is 2. The maximum Gasteiger partial charge on any atom is 0.254 e. The molecule has 4 nitrogen and oxygen atoms in total. The van der Waals surface area contributed by atoms with Crippen LogP contribution in [0.25, 0.3) is 0 Å². The molecule has 2 atom stereocenters. The molecule has 0 radical (unpaired) electrons. The van der Waals surface area contributed by atoms with Crippen LogP contribution in [-0.2, 0) is 4.79 Å². The van der Waals surface area contributed by atoms with Gasteiger partial charge in [-0.2, -0.15) is 0 Å². The summed E-state index contributed by atoms with van der Waals surface area (Å²) in [6.45, 7) is 1.62. The molecule has 1 aromatic rings. The second-order valence-corrected chi connectivity index (χ2v) is 7.06. The Morgan fingerprint density at radius 3 is 2.77 bits per heavy atom. The second-order valence-electron chi connectivity index (χ2n) is 6.63. The average Bonchev–Trinajstić information content (AvgIpc) is 3.16. The molecule has 3 aliphatic rings. The normalized spacial score (nSPS) is 27.4. The zero-order valence-corrected chi connectivity index (χ0v) is 13.1. The maximum absolute atomic E-state index is 12.7. The van der Waals surface area contributed by atoms with E-state index in [-0.39, 0.29) is 23.9 Å². The van der Waals surface area contributed by atoms with Gasteiger partial charge in [-0.15, -0.1) is 0 Å². The van der Waals surface area contributed by atoms with Gasteiger partial charge < -0.3 is 9.80 Å². The Labute approximate surface area is 135 Å². The molecule has 4 rings (SSSR count). The molecule has 2 aliphatic heterocycles. The molecule has 0 spiro atoms. The van der Waals surface area contributed by atoms with Crippen molar-refractivity contribution >= 4 is 23.4 Å². The summed E-state index contributed by atoms with van der Waals surface area (Å²) in [5.74, 6) is 0.905. The molecule has 3 fully saturated rings. The first-order chi connectivity index (χ1) is 10.6. The summed E-state index contributed by atoms with van der Waals surface area (Å²) in [5.41, 5.74) is 0.612. The number of fused-ring (bicyclic) bond motifs is 1. The van der Waals surface area contributed by atoms with Gasteiger partial charge in [-0.1, -0.05) is 17.7 Å². The van der Waals surface area contributed by atoms with E-state index in [1.54, 1.807) is 24.3 Å². The predicted molar refractivity (Wildman–Crippen MR) is 83.7 cm³/mol. The monoisotopic (exact) mass is 318 g/mol. The molecular weight excluding hydrogens is 300 g/mol. The van der Waals surface area contributed by atoms with Gasteiger partial charge in [-0.25, -0.2) is 0 Å². The van der Waals surface area contributed by atoms with Gasteiger partial charge >= 0.3 is 0 Å². The third-order valence-electron chi connectivity index (χ3n) is 5.10. The first-order valence-electron chi connectivity index (χ1n) is 7.99. The summed E-state index contributed by atoms with van der Waals surface area (Å²) < 4.78 is 0. The quantitative estimate of drug-likeness (QED) is 0.859. The number of carbonyl (C=O) groups is 2. The van der Waals surface area contributed by atoms with Crippen molar-refractivity contribution in [2.24, 2.45) is 5.92 Å². The molecule has 22 heavy (non-hydrogen) atoms. The lowest BCUT2D eigenvalue weighted by Crippen LogP contribution is -2.40. The largest absolute Gasteiger partial charge is 0.337 e. The minimum absolute atomic E-state index is 0.00364. The highest BCUT2D eigenvalue weighted by molar-refractivity contribution is 6.30. The van der Waals surface area contributed by atoms with E-state index in [9.17, 15) is 9.59 Å². The predicted octanol–water partition coefficient (Wildman–Crippen LogP) is 2.57. The third kappa shape index (κ3) is 2.39. The zero-order chi connectivity index (χ0) is 15.3. The topological polar surface area (TPSA) is 40.6 Å². The lowest BCUT2D eigenvalue weighted by molar-refractivity contribution is -0.129. The van der Waals surface area contributed by atoms with Gasteiger partial charge in [0.05, 0.1) is 12.1 Å². The molecule has 1 saturated carbocycles. The molecule has 2 unspecified atom stereocenters. The van der Waals surface area contributed by atoms with Crippen molar-refractivity contribution in [1.82, 2.24) is 9.80 Å². The van der Waals surface area contributed by atoms with Gasteiger partial charge in [0.25, 0.3) is 5.91 Å². The first kappa shape index (κ1) is 14.1. The lowest BCUT2D eigenvalue weighted by atomic mass is 10.1. The van der Waals surface area contributed by atoms with Crippen LogP contribution in [-0.4, -0.2) is 46.8 Å². The van der Waals surface area contributed by atoms with Crippen LogP contribution in [0.5, 0.6) is 0 Å². The van der Waals surface area contributed by atoms with Gasteiger partial charge in [0.1, 0.15) is 0 Å². The van der Waals surface area contributed by atoms with Crippen molar-refractivity contribution in [3.05, 3.63) is 34.9 Å². The number of benzene rings is 1. The van der Waals surface area contributed by atoms with E-state index in [1.165, 1.54) is 12.8 Å². The smallest absolute Gasteiger partial charge is 0.254 e. The minimum atomic E-state index is -0.00364. The molecule has 0 aromatic heterocycles. The molecule has 0 N–H and O–H groups in total. The van der Waals surface area contributed by atoms with E-state index in [1.807, 2.05) is 9.80 Å². The lowest BCUT2D eigenvalue weighted by Gasteiger charge is -2.25. The van der Waals surface area contributed by atoms with Crippen LogP contribution in [0.2, 0.25) is 5.02 Å². The highest BCUT2D eigenvalue weighted by atomic mass is 35.5. The summed E-state index contributed by atoms with van der Waals surface area (Å²) in [6, 6.07) is 7.31. The molecule has 1 aromatic carbocycles. The fraction of sp³-hybridized carbons (Fsp3) is 0.529. The molecule has 1 aliphatic carbocycles. The minimum Gasteiger partial charge on any atom is -0.337 e. The third-order valence-corrected chi connectivity index (χ3v) is 5.33. The fourth-order valence-electron chi connectivity index (χ4n) is 3.78. The number of hydrogen-bond donors (Lipinski definition) is 0.